The molecule has 0 spiro atoms. The quantitative estimate of drug-likeness (QED) is 0.816. The molecule has 0 aliphatic rings. The van der Waals surface area contributed by atoms with E-state index < -0.39 is 0 Å². The molecule has 0 saturated heterocycles. The summed E-state index contributed by atoms with van der Waals surface area (Å²) in [6, 6.07) is 5.38. The fourth-order valence-corrected chi connectivity index (χ4v) is 1.92. The lowest BCUT2D eigenvalue weighted by molar-refractivity contribution is 0.101. The molecule has 5 heteroatoms. The van der Waals surface area contributed by atoms with E-state index in [4.69, 9.17) is 4.74 Å². The predicted molar refractivity (Wildman–Crippen MR) is 71.7 cm³/mol. The molecule has 2 aromatic rings. The molecular formula is C13H13BrN2O2. The second-order valence-corrected chi connectivity index (χ2v) is 4.90. The fraction of sp³-hybridized carbons (Fsp3) is 0.231. The molecule has 0 radical (unpaired) electrons. The second kappa shape index (κ2) is 5.35. The summed E-state index contributed by atoms with van der Waals surface area (Å²) in [5, 5.41) is 0. The van der Waals surface area contributed by atoms with Crippen molar-refractivity contribution in [2.24, 2.45) is 7.05 Å². The molecule has 2 rings (SSSR count). The van der Waals surface area contributed by atoms with Gasteiger partial charge in [-0.05, 0) is 25.1 Å². The number of Topliss-reactive ketones (excluding diaryl/α,β-unsaturated/α-hetero) is 1. The number of carbonyl (C=O) groups is 1. The summed E-state index contributed by atoms with van der Waals surface area (Å²) in [6.07, 6.45) is 3.46. The standard InChI is InChI=1S/C13H13BrN2O2/c1-9(17)12-4-3-10(14)5-13(12)18-7-11-6-15-8-16(11)2/h3-6,8H,7H2,1-2H3. The maximum atomic E-state index is 11.5. The maximum Gasteiger partial charge on any atom is 0.163 e. The highest BCUT2D eigenvalue weighted by molar-refractivity contribution is 9.10. The van der Waals surface area contributed by atoms with E-state index in [1.165, 1.54) is 6.92 Å². The number of aromatic nitrogens is 2. The third kappa shape index (κ3) is 2.79. The van der Waals surface area contributed by atoms with Crippen molar-refractivity contribution in [1.29, 1.82) is 0 Å². The largest absolute Gasteiger partial charge is 0.487 e. The zero-order chi connectivity index (χ0) is 13.1. The molecule has 0 amide bonds. The van der Waals surface area contributed by atoms with Crippen LogP contribution in [0.25, 0.3) is 0 Å². The Hall–Kier alpha value is -1.62. The number of carbonyl (C=O) groups excluding carboxylic acids is 1. The van der Waals surface area contributed by atoms with Crippen molar-refractivity contribution in [3.8, 4) is 5.75 Å². The molecule has 0 saturated carbocycles. The first-order valence-electron chi connectivity index (χ1n) is 5.46. The molecule has 1 aromatic heterocycles. The van der Waals surface area contributed by atoms with E-state index in [9.17, 15) is 4.79 Å². The smallest absolute Gasteiger partial charge is 0.163 e. The first kappa shape index (κ1) is 12.8. The van der Waals surface area contributed by atoms with Crippen LogP contribution >= 0.6 is 15.9 Å². The predicted octanol–water partition coefficient (Wildman–Crippen LogP) is 2.96. The third-order valence-corrected chi connectivity index (χ3v) is 3.11. The Balaban J connectivity index is 2.20. The Morgan fingerprint density at radius 2 is 2.28 bits per heavy atom. The average Bonchev–Trinajstić information content (AvgIpc) is 2.72. The SMILES string of the molecule is CC(=O)c1ccc(Br)cc1OCc1cncn1C. The summed E-state index contributed by atoms with van der Waals surface area (Å²) < 4.78 is 8.46. The molecule has 0 fully saturated rings. The van der Waals surface area contributed by atoms with Crippen LogP contribution in [0, 0.1) is 0 Å². The summed E-state index contributed by atoms with van der Waals surface area (Å²) in [6.45, 7) is 1.91. The van der Waals surface area contributed by atoms with Crippen LogP contribution in [0.3, 0.4) is 0 Å². The number of ketones is 1. The van der Waals surface area contributed by atoms with Gasteiger partial charge in [0.15, 0.2) is 5.78 Å². The number of rotatable bonds is 4. The van der Waals surface area contributed by atoms with Crippen LogP contribution in [-0.4, -0.2) is 15.3 Å². The third-order valence-electron chi connectivity index (χ3n) is 2.61. The Kier molecular flexibility index (Phi) is 3.81. The molecule has 0 N–H and O–H groups in total. The number of hydrogen-bond acceptors (Lipinski definition) is 3. The van der Waals surface area contributed by atoms with E-state index >= 15 is 0 Å². The number of aryl methyl sites for hydroxylation is 1. The minimum atomic E-state index is -0.0116. The second-order valence-electron chi connectivity index (χ2n) is 3.98. The fourth-order valence-electron chi connectivity index (χ4n) is 1.58. The molecule has 94 valence electrons. The van der Waals surface area contributed by atoms with E-state index in [1.807, 2.05) is 17.7 Å². The van der Waals surface area contributed by atoms with Crippen molar-refractivity contribution in [3.63, 3.8) is 0 Å². The molecule has 0 atom stereocenters. The molecule has 0 bridgehead atoms. The number of benzene rings is 1. The first-order chi connectivity index (χ1) is 8.58. The van der Waals surface area contributed by atoms with Gasteiger partial charge in [0.1, 0.15) is 12.4 Å². The van der Waals surface area contributed by atoms with Gasteiger partial charge in [-0.15, -0.1) is 0 Å². The van der Waals surface area contributed by atoms with Gasteiger partial charge in [0.05, 0.1) is 23.8 Å². The van der Waals surface area contributed by atoms with Gasteiger partial charge < -0.3 is 9.30 Å². The Morgan fingerprint density at radius 3 is 2.89 bits per heavy atom. The number of hydrogen-bond donors (Lipinski definition) is 0. The van der Waals surface area contributed by atoms with Gasteiger partial charge in [-0.3, -0.25) is 4.79 Å². The van der Waals surface area contributed by atoms with Crippen molar-refractivity contribution in [1.82, 2.24) is 9.55 Å². The van der Waals surface area contributed by atoms with Gasteiger partial charge in [-0.2, -0.15) is 0 Å². The highest BCUT2D eigenvalue weighted by Gasteiger charge is 2.10. The number of ether oxygens (including phenoxy) is 1. The highest BCUT2D eigenvalue weighted by atomic mass is 79.9. The highest BCUT2D eigenvalue weighted by Crippen LogP contribution is 2.25. The molecule has 18 heavy (non-hydrogen) atoms. The molecule has 1 aromatic carbocycles. The topological polar surface area (TPSA) is 44.1 Å². The maximum absolute atomic E-state index is 11.5. The zero-order valence-corrected chi connectivity index (χ0v) is 11.8. The van der Waals surface area contributed by atoms with E-state index in [-0.39, 0.29) is 5.78 Å². The van der Waals surface area contributed by atoms with E-state index in [0.717, 1.165) is 10.2 Å². The summed E-state index contributed by atoms with van der Waals surface area (Å²) in [5.74, 6) is 0.570. The molecule has 0 unspecified atom stereocenters. The average molecular weight is 309 g/mol. The van der Waals surface area contributed by atoms with Gasteiger partial charge in [0.25, 0.3) is 0 Å². The lowest BCUT2D eigenvalue weighted by Gasteiger charge is -2.10. The number of halogens is 1. The minimum absolute atomic E-state index is 0.0116. The normalized spacial score (nSPS) is 10.4. The van der Waals surface area contributed by atoms with Crippen LogP contribution in [0.5, 0.6) is 5.75 Å². The van der Waals surface area contributed by atoms with E-state index in [2.05, 4.69) is 20.9 Å². The van der Waals surface area contributed by atoms with Crippen molar-refractivity contribution in [2.45, 2.75) is 13.5 Å². The van der Waals surface area contributed by atoms with E-state index in [1.54, 1.807) is 24.7 Å². The van der Waals surface area contributed by atoms with Crippen LogP contribution in [-0.2, 0) is 13.7 Å². The zero-order valence-electron chi connectivity index (χ0n) is 10.2. The number of nitrogens with zero attached hydrogens (tertiary/aromatic N) is 2. The lowest BCUT2D eigenvalue weighted by Crippen LogP contribution is -2.04. The Bertz CT molecular complexity index is 578. The van der Waals surface area contributed by atoms with Gasteiger partial charge in [0, 0.05) is 11.5 Å². The molecule has 1 heterocycles. The van der Waals surface area contributed by atoms with Crippen molar-refractivity contribution >= 4 is 21.7 Å². The summed E-state index contributed by atoms with van der Waals surface area (Å²) in [5.41, 5.74) is 1.53. The van der Waals surface area contributed by atoms with Gasteiger partial charge in [-0.1, -0.05) is 15.9 Å². The van der Waals surface area contributed by atoms with Crippen molar-refractivity contribution in [3.05, 3.63) is 46.5 Å². The molecule has 4 nitrogen and oxygen atoms in total. The van der Waals surface area contributed by atoms with Crippen LogP contribution in [0.1, 0.15) is 23.0 Å². The first-order valence-corrected chi connectivity index (χ1v) is 6.25. The van der Waals surface area contributed by atoms with Crippen molar-refractivity contribution < 1.29 is 9.53 Å². The molecule has 0 aliphatic heterocycles. The summed E-state index contributed by atoms with van der Waals surface area (Å²) >= 11 is 3.37. The van der Waals surface area contributed by atoms with Gasteiger partial charge in [0.2, 0.25) is 0 Å². The van der Waals surface area contributed by atoms with E-state index in [0.29, 0.717) is 17.9 Å². The number of imidazole rings is 1. The van der Waals surface area contributed by atoms with Crippen LogP contribution in [0.4, 0.5) is 0 Å². The van der Waals surface area contributed by atoms with Crippen LogP contribution in [0.2, 0.25) is 0 Å². The van der Waals surface area contributed by atoms with Crippen molar-refractivity contribution in [2.75, 3.05) is 0 Å². The molecule has 0 aliphatic carbocycles. The Morgan fingerprint density at radius 1 is 1.50 bits per heavy atom. The van der Waals surface area contributed by atoms with Gasteiger partial charge in [-0.25, -0.2) is 4.98 Å². The van der Waals surface area contributed by atoms with Gasteiger partial charge >= 0.3 is 0 Å². The Labute approximate surface area is 114 Å². The van der Waals surface area contributed by atoms with Crippen LogP contribution < -0.4 is 4.74 Å². The summed E-state index contributed by atoms with van der Waals surface area (Å²) in [7, 11) is 1.90. The lowest BCUT2D eigenvalue weighted by atomic mass is 10.1. The van der Waals surface area contributed by atoms with Crippen LogP contribution in [0.15, 0.2) is 35.2 Å². The summed E-state index contributed by atoms with van der Waals surface area (Å²) in [4.78, 5) is 15.5. The minimum Gasteiger partial charge on any atom is -0.487 e. The monoisotopic (exact) mass is 308 g/mol. The molecular weight excluding hydrogens is 296 g/mol.